The van der Waals surface area contributed by atoms with Crippen LogP contribution in [-0.4, -0.2) is 40.2 Å². The van der Waals surface area contributed by atoms with Gasteiger partial charge in [0.1, 0.15) is 11.9 Å². The summed E-state index contributed by atoms with van der Waals surface area (Å²) in [5, 5.41) is 11.8. The number of aromatic nitrogens is 2. The van der Waals surface area contributed by atoms with E-state index in [1.54, 1.807) is 13.0 Å². The minimum Gasteiger partial charge on any atom is -0.480 e. The smallest absolute Gasteiger partial charge is 0.376 e. The van der Waals surface area contributed by atoms with Crippen molar-refractivity contribution in [2.24, 2.45) is 0 Å². The molecule has 1 unspecified atom stereocenters. The van der Waals surface area contributed by atoms with Crippen LogP contribution >= 0.6 is 0 Å². The van der Waals surface area contributed by atoms with Gasteiger partial charge in [-0.3, -0.25) is 0 Å². The number of esters is 1. The number of nitrogens with zero attached hydrogens (tertiary/aromatic N) is 2. The van der Waals surface area contributed by atoms with E-state index in [1.807, 2.05) is 6.92 Å². The molecule has 0 saturated heterocycles. The van der Waals surface area contributed by atoms with Gasteiger partial charge in [-0.05, 0) is 13.3 Å². The topological polar surface area (TPSA) is 101 Å². The third kappa shape index (κ3) is 4.20. The molecule has 2 N–H and O–H groups in total. The number of nitrogens with one attached hydrogen (secondary N) is 1. The van der Waals surface area contributed by atoms with E-state index in [2.05, 4.69) is 20.0 Å². The first-order chi connectivity index (χ1) is 8.97. The van der Waals surface area contributed by atoms with Crippen LogP contribution < -0.4 is 5.32 Å². The zero-order chi connectivity index (χ0) is 14.4. The van der Waals surface area contributed by atoms with E-state index in [-0.39, 0.29) is 5.82 Å². The van der Waals surface area contributed by atoms with E-state index in [1.165, 1.54) is 7.11 Å². The van der Waals surface area contributed by atoms with Gasteiger partial charge in [0.15, 0.2) is 0 Å². The summed E-state index contributed by atoms with van der Waals surface area (Å²) in [4.78, 5) is 30.3. The Morgan fingerprint density at radius 2 is 2.16 bits per heavy atom. The molecule has 0 aliphatic rings. The molecule has 0 amide bonds. The number of methoxy groups -OCH3 is 1. The summed E-state index contributed by atoms with van der Waals surface area (Å²) < 4.78 is 4.54. The minimum absolute atomic E-state index is 0.0920. The fourth-order valence-corrected chi connectivity index (χ4v) is 1.55. The Hall–Kier alpha value is -2.18. The average molecular weight is 267 g/mol. The lowest BCUT2D eigenvalue weighted by atomic mass is 10.1. The Labute approximate surface area is 111 Å². The molecule has 0 spiro atoms. The maximum atomic E-state index is 11.4. The van der Waals surface area contributed by atoms with Crippen molar-refractivity contribution in [3.05, 3.63) is 17.6 Å². The molecule has 1 aromatic heterocycles. The highest BCUT2D eigenvalue weighted by Gasteiger charge is 2.18. The largest absolute Gasteiger partial charge is 0.480 e. The van der Waals surface area contributed by atoms with E-state index >= 15 is 0 Å². The summed E-state index contributed by atoms with van der Waals surface area (Å²) in [6.45, 7) is 3.58. The van der Waals surface area contributed by atoms with Crippen molar-refractivity contribution in [3.8, 4) is 0 Å². The minimum atomic E-state index is -0.960. The van der Waals surface area contributed by atoms with Crippen LogP contribution in [0.4, 0.5) is 5.82 Å². The van der Waals surface area contributed by atoms with E-state index in [0.29, 0.717) is 17.9 Å². The molecule has 0 fully saturated rings. The Morgan fingerprint density at radius 3 is 2.68 bits per heavy atom. The van der Waals surface area contributed by atoms with E-state index < -0.39 is 18.0 Å². The van der Waals surface area contributed by atoms with Gasteiger partial charge in [0, 0.05) is 11.8 Å². The molecular weight excluding hydrogens is 250 g/mol. The van der Waals surface area contributed by atoms with Crippen molar-refractivity contribution < 1.29 is 19.4 Å². The second kappa shape index (κ2) is 6.67. The van der Waals surface area contributed by atoms with Gasteiger partial charge in [0.05, 0.1) is 7.11 Å². The lowest BCUT2D eigenvalue weighted by Gasteiger charge is -2.14. The highest BCUT2D eigenvalue weighted by molar-refractivity contribution is 5.85. The third-order valence-electron chi connectivity index (χ3n) is 2.42. The molecule has 0 aliphatic carbocycles. The number of hydrogen-bond donors (Lipinski definition) is 2. The summed E-state index contributed by atoms with van der Waals surface area (Å²) in [5.74, 6) is -1.41. The van der Waals surface area contributed by atoms with Crippen molar-refractivity contribution >= 4 is 17.8 Å². The van der Waals surface area contributed by atoms with Crippen molar-refractivity contribution in [2.75, 3.05) is 12.4 Å². The Kier molecular flexibility index (Phi) is 5.23. The van der Waals surface area contributed by atoms with Crippen LogP contribution in [0.1, 0.15) is 36.1 Å². The molecule has 0 aromatic carbocycles. The Bertz CT molecular complexity index is 476. The van der Waals surface area contributed by atoms with Crippen molar-refractivity contribution in [2.45, 2.75) is 32.7 Å². The standard InChI is InChI=1S/C12H17N3O4/c1-4-5-8(11(16)17)14-9-6-7(2)13-10(15-9)12(18)19-3/h6,8H,4-5H2,1-3H3,(H,16,17)(H,13,14,15). The van der Waals surface area contributed by atoms with E-state index in [0.717, 1.165) is 6.42 Å². The first-order valence-electron chi connectivity index (χ1n) is 5.91. The SMILES string of the molecule is CCCC(Nc1cc(C)nc(C(=O)OC)n1)C(=O)O. The molecule has 7 heteroatoms. The highest BCUT2D eigenvalue weighted by Crippen LogP contribution is 2.11. The number of aryl methyl sites for hydroxylation is 1. The van der Waals surface area contributed by atoms with Crippen LogP contribution in [0.5, 0.6) is 0 Å². The fourth-order valence-electron chi connectivity index (χ4n) is 1.55. The molecule has 1 aromatic rings. The molecule has 0 saturated carbocycles. The maximum Gasteiger partial charge on any atom is 0.376 e. The zero-order valence-electron chi connectivity index (χ0n) is 11.1. The van der Waals surface area contributed by atoms with E-state index in [4.69, 9.17) is 5.11 Å². The van der Waals surface area contributed by atoms with Gasteiger partial charge in [-0.25, -0.2) is 19.6 Å². The first-order valence-corrected chi connectivity index (χ1v) is 5.91. The van der Waals surface area contributed by atoms with Crippen LogP contribution in [0.2, 0.25) is 0 Å². The number of carbonyl (C=O) groups excluding carboxylic acids is 1. The number of rotatable bonds is 6. The number of ether oxygens (including phenoxy) is 1. The molecule has 1 atom stereocenters. The lowest BCUT2D eigenvalue weighted by molar-refractivity contribution is -0.138. The number of carboxylic acids is 1. The molecule has 104 valence electrons. The van der Waals surface area contributed by atoms with Gasteiger partial charge in [-0.15, -0.1) is 0 Å². The summed E-state index contributed by atoms with van der Waals surface area (Å²) in [5.41, 5.74) is 0.554. The van der Waals surface area contributed by atoms with Crippen LogP contribution in [0.25, 0.3) is 0 Å². The van der Waals surface area contributed by atoms with Gasteiger partial charge < -0.3 is 15.2 Å². The molecule has 0 bridgehead atoms. The third-order valence-corrected chi connectivity index (χ3v) is 2.42. The molecule has 19 heavy (non-hydrogen) atoms. The van der Waals surface area contributed by atoms with Crippen molar-refractivity contribution in [3.63, 3.8) is 0 Å². The monoisotopic (exact) mass is 267 g/mol. The van der Waals surface area contributed by atoms with Crippen LogP contribution in [0, 0.1) is 6.92 Å². The van der Waals surface area contributed by atoms with Crippen LogP contribution in [-0.2, 0) is 9.53 Å². The highest BCUT2D eigenvalue weighted by atomic mass is 16.5. The maximum absolute atomic E-state index is 11.4. The normalized spacial score (nSPS) is 11.7. The van der Waals surface area contributed by atoms with Crippen LogP contribution in [0.3, 0.4) is 0 Å². The Morgan fingerprint density at radius 1 is 1.47 bits per heavy atom. The van der Waals surface area contributed by atoms with Crippen molar-refractivity contribution in [1.29, 1.82) is 0 Å². The molecule has 0 aliphatic heterocycles. The van der Waals surface area contributed by atoms with Gasteiger partial charge in [0.25, 0.3) is 0 Å². The second-order valence-corrected chi connectivity index (χ2v) is 4.03. The quantitative estimate of drug-likeness (QED) is 0.747. The van der Waals surface area contributed by atoms with Gasteiger partial charge in [-0.2, -0.15) is 0 Å². The molecule has 7 nitrogen and oxygen atoms in total. The predicted molar refractivity (Wildman–Crippen MR) is 68.1 cm³/mol. The molecule has 0 radical (unpaired) electrons. The molecular formula is C12H17N3O4. The van der Waals surface area contributed by atoms with Gasteiger partial charge in [-0.1, -0.05) is 13.3 Å². The zero-order valence-corrected chi connectivity index (χ0v) is 11.1. The van der Waals surface area contributed by atoms with Gasteiger partial charge >= 0.3 is 11.9 Å². The van der Waals surface area contributed by atoms with Crippen LogP contribution in [0.15, 0.2) is 6.07 Å². The number of carbonyl (C=O) groups is 2. The number of aliphatic carboxylic acids is 1. The summed E-state index contributed by atoms with van der Waals surface area (Å²) in [6, 6.07) is 0.836. The average Bonchev–Trinajstić information content (AvgIpc) is 2.36. The molecule has 1 heterocycles. The summed E-state index contributed by atoms with van der Waals surface area (Å²) >= 11 is 0. The second-order valence-electron chi connectivity index (χ2n) is 4.03. The fraction of sp³-hybridized carbons (Fsp3) is 0.500. The lowest BCUT2D eigenvalue weighted by Crippen LogP contribution is -2.29. The van der Waals surface area contributed by atoms with E-state index in [9.17, 15) is 9.59 Å². The summed E-state index contributed by atoms with van der Waals surface area (Å²) in [6.07, 6.45) is 1.18. The number of carboxylic acid groups (broad SMARTS) is 1. The number of anilines is 1. The van der Waals surface area contributed by atoms with Gasteiger partial charge in [0.2, 0.25) is 5.82 Å². The Balaban J connectivity index is 2.96. The van der Waals surface area contributed by atoms with Crippen molar-refractivity contribution in [1.82, 2.24) is 9.97 Å². The first kappa shape index (κ1) is 14.9. The molecule has 1 rings (SSSR count). The predicted octanol–water partition coefficient (Wildman–Crippen LogP) is 1.24. The summed E-state index contributed by atoms with van der Waals surface area (Å²) in [7, 11) is 1.23. The number of hydrogen-bond acceptors (Lipinski definition) is 6.